The van der Waals surface area contributed by atoms with E-state index in [0.717, 1.165) is 50.7 Å². The zero-order chi connectivity index (χ0) is 23.5. The molecule has 34 heavy (non-hydrogen) atoms. The predicted octanol–water partition coefficient (Wildman–Crippen LogP) is 4.19. The fraction of sp³-hybridized carbons (Fsp3) is 0.500. The van der Waals surface area contributed by atoms with Crippen molar-refractivity contribution >= 4 is 17.6 Å². The zero-order valence-corrected chi connectivity index (χ0v) is 20.2. The van der Waals surface area contributed by atoms with Gasteiger partial charge in [-0.25, -0.2) is 4.79 Å². The lowest BCUT2D eigenvalue weighted by Crippen LogP contribution is -2.56. The molecular weight excluding hydrogens is 424 g/mol. The second-order valence-electron chi connectivity index (χ2n) is 10.0. The quantitative estimate of drug-likeness (QED) is 0.728. The van der Waals surface area contributed by atoms with Crippen LogP contribution >= 0.6 is 0 Å². The number of nitrogens with one attached hydrogen (secondary N) is 1. The van der Waals surface area contributed by atoms with Gasteiger partial charge in [0.2, 0.25) is 5.91 Å². The first-order valence-corrected chi connectivity index (χ1v) is 12.8. The number of anilines is 1. The number of likely N-dealkylation sites (tertiary alicyclic amines) is 1. The lowest BCUT2D eigenvalue weighted by atomic mass is 9.83. The van der Waals surface area contributed by atoms with Crippen LogP contribution in [-0.4, -0.2) is 71.9 Å². The molecule has 5 rings (SSSR count). The van der Waals surface area contributed by atoms with E-state index in [2.05, 4.69) is 41.4 Å². The number of nitrogens with zero attached hydrogens (tertiary/aromatic N) is 3. The Kier molecular flexibility index (Phi) is 6.86. The standard InChI is InChI=1S/C28H36N4O2/c1-2-21-8-10-22(11-9-21)23-18-24(27(33)29-25-6-4-3-5-7-25)20-32(19-23)28(34)31-16-14-30(15-17-31)26-12-13-26/h3-11,23-24,26H,2,12-20H2,1H3,(H,29,33). The number of piperazine rings is 1. The van der Waals surface area contributed by atoms with E-state index in [1.807, 2.05) is 40.1 Å². The van der Waals surface area contributed by atoms with Crippen LogP contribution < -0.4 is 5.32 Å². The normalized spacial score (nSPS) is 23.6. The molecule has 2 unspecified atom stereocenters. The van der Waals surface area contributed by atoms with Crippen LogP contribution in [0.4, 0.5) is 10.5 Å². The van der Waals surface area contributed by atoms with Crippen LogP contribution in [0.1, 0.15) is 43.2 Å². The van der Waals surface area contributed by atoms with E-state index in [9.17, 15) is 9.59 Å². The number of aryl methyl sites for hydroxylation is 1. The first-order valence-electron chi connectivity index (χ1n) is 12.8. The Morgan fingerprint density at radius 3 is 2.24 bits per heavy atom. The summed E-state index contributed by atoms with van der Waals surface area (Å²) in [6.07, 6.45) is 4.36. The molecule has 1 aliphatic carbocycles. The van der Waals surface area contributed by atoms with Gasteiger partial charge in [-0.05, 0) is 48.9 Å². The summed E-state index contributed by atoms with van der Waals surface area (Å²) in [5.74, 6) is -0.0816. The van der Waals surface area contributed by atoms with Crippen molar-refractivity contribution in [2.75, 3.05) is 44.6 Å². The van der Waals surface area contributed by atoms with Gasteiger partial charge in [-0.1, -0.05) is 49.4 Å². The van der Waals surface area contributed by atoms with E-state index in [4.69, 9.17) is 0 Å². The maximum atomic E-state index is 13.6. The highest BCUT2D eigenvalue weighted by Crippen LogP contribution is 2.33. The van der Waals surface area contributed by atoms with Crippen molar-refractivity contribution in [2.24, 2.45) is 5.92 Å². The van der Waals surface area contributed by atoms with Crippen LogP contribution in [-0.2, 0) is 11.2 Å². The second-order valence-corrected chi connectivity index (χ2v) is 10.0. The van der Waals surface area contributed by atoms with Crippen molar-refractivity contribution in [2.45, 2.75) is 44.6 Å². The summed E-state index contributed by atoms with van der Waals surface area (Å²) in [4.78, 5) is 33.2. The van der Waals surface area contributed by atoms with Crippen molar-refractivity contribution in [1.29, 1.82) is 0 Å². The molecule has 3 fully saturated rings. The van der Waals surface area contributed by atoms with Crippen LogP contribution in [0.5, 0.6) is 0 Å². The Hall–Kier alpha value is -2.86. The molecule has 1 N–H and O–H groups in total. The van der Waals surface area contributed by atoms with Crippen molar-refractivity contribution in [3.05, 3.63) is 65.7 Å². The van der Waals surface area contributed by atoms with E-state index in [1.165, 1.54) is 24.0 Å². The van der Waals surface area contributed by atoms with Crippen molar-refractivity contribution in [1.82, 2.24) is 14.7 Å². The predicted molar refractivity (Wildman–Crippen MR) is 135 cm³/mol. The van der Waals surface area contributed by atoms with Crippen molar-refractivity contribution < 1.29 is 9.59 Å². The van der Waals surface area contributed by atoms with Gasteiger partial charge in [0.1, 0.15) is 0 Å². The minimum atomic E-state index is -0.235. The lowest BCUT2D eigenvalue weighted by molar-refractivity contribution is -0.121. The first-order chi connectivity index (χ1) is 16.6. The van der Waals surface area contributed by atoms with Gasteiger partial charge in [-0.2, -0.15) is 0 Å². The molecule has 0 radical (unpaired) electrons. The van der Waals surface area contributed by atoms with Crippen molar-refractivity contribution in [3.8, 4) is 0 Å². The number of urea groups is 1. The monoisotopic (exact) mass is 460 g/mol. The number of amides is 3. The minimum Gasteiger partial charge on any atom is -0.326 e. The summed E-state index contributed by atoms with van der Waals surface area (Å²) in [7, 11) is 0. The van der Waals surface area contributed by atoms with Gasteiger partial charge in [-0.15, -0.1) is 0 Å². The third-order valence-electron chi connectivity index (χ3n) is 7.64. The molecule has 2 aromatic carbocycles. The highest BCUT2D eigenvalue weighted by Gasteiger charge is 2.38. The molecule has 0 spiro atoms. The summed E-state index contributed by atoms with van der Waals surface area (Å²) < 4.78 is 0. The third-order valence-corrected chi connectivity index (χ3v) is 7.64. The Bertz CT molecular complexity index is 981. The van der Waals surface area contributed by atoms with Gasteiger partial charge in [0.25, 0.3) is 0 Å². The summed E-state index contributed by atoms with van der Waals surface area (Å²) in [6, 6.07) is 19.1. The Balaban J connectivity index is 1.31. The largest absolute Gasteiger partial charge is 0.326 e. The third kappa shape index (κ3) is 5.27. The number of hydrogen-bond donors (Lipinski definition) is 1. The average molecular weight is 461 g/mol. The number of rotatable bonds is 5. The molecule has 6 nitrogen and oxygen atoms in total. The van der Waals surface area contributed by atoms with Crippen LogP contribution in [0.3, 0.4) is 0 Å². The molecule has 2 heterocycles. The Morgan fingerprint density at radius 1 is 0.882 bits per heavy atom. The second kappa shape index (κ2) is 10.2. The number of hydrogen-bond acceptors (Lipinski definition) is 3. The minimum absolute atomic E-state index is 0.00238. The lowest BCUT2D eigenvalue weighted by Gasteiger charge is -2.42. The smallest absolute Gasteiger partial charge is 0.320 e. The van der Waals surface area contributed by atoms with Crippen LogP contribution in [0.2, 0.25) is 0 Å². The number of carbonyl (C=O) groups excluding carboxylic acids is 2. The van der Waals surface area contributed by atoms with Gasteiger partial charge in [0, 0.05) is 56.9 Å². The van der Waals surface area contributed by atoms with E-state index in [-0.39, 0.29) is 23.8 Å². The summed E-state index contributed by atoms with van der Waals surface area (Å²) in [5.41, 5.74) is 3.32. The molecule has 6 heteroatoms. The first kappa shape index (κ1) is 22.9. The molecule has 2 aliphatic heterocycles. The van der Waals surface area contributed by atoms with E-state index < -0.39 is 0 Å². The Labute approximate surface area is 202 Å². The topological polar surface area (TPSA) is 55.9 Å². The molecule has 3 amide bonds. The summed E-state index contributed by atoms with van der Waals surface area (Å²) >= 11 is 0. The number of para-hydroxylation sites is 1. The highest BCUT2D eigenvalue weighted by molar-refractivity contribution is 5.93. The SMILES string of the molecule is CCc1ccc(C2CC(C(=O)Nc3ccccc3)CN(C(=O)N3CCN(C4CC4)CC3)C2)cc1. The van der Waals surface area contributed by atoms with Crippen LogP contribution in [0, 0.1) is 5.92 Å². The molecule has 2 atom stereocenters. The molecule has 3 aliphatic rings. The van der Waals surface area contributed by atoms with E-state index in [0.29, 0.717) is 13.1 Å². The van der Waals surface area contributed by atoms with Crippen LogP contribution in [0.15, 0.2) is 54.6 Å². The van der Waals surface area contributed by atoms with E-state index >= 15 is 0 Å². The van der Waals surface area contributed by atoms with Crippen molar-refractivity contribution in [3.63, 3.8) is 0 Å². The van der Waals surface area contributed by atoms with Crippen LogP contribution in [0.25, 0.3) is 0 Å². The number of piperidine rings is 1. The number of benzene rings is 2. The highest BCUT2D eigenvalue weighted by atomic mass is 16.2. The fourth-order valence-corrected chi connectivity index (χ4v) is 5.40. The van der Waals surface area contributed by atoms with Gasteiger partial charge in [0.05, 0.1) is 5.92 Å². The summed E-state index contributed by atoms with van der Waals surface area (Å²) in [6.45, 7) is 6.79. The maximum Gasteiger partial charge on any atom is 0.320 e. The van der Waals surface area contributed by atoms with Gasteiger partial charge in [0.15, 0.2) is 0 Å². The Morgan fingerprint density at radius 2 is 1.59 bits per heavy atom. The zero-order valence-electron chi connectivity index (χ0n) is 20.2. The molecular formula is C28H36N4O2. The average Bonchev–Trinajstić information content (AvgIpc) is 3.74. The van der Waals surface area contributed by atoms with E-state index in [1.54, 1.807) is 0 Å². The molecule has 2 saturated heterocycles. The maximum absolute atomic E-state index is 13.6. The fourth-order valence-electron chi connectivity index (χ4n) is 5.40. The molecule has 2 aromatic rings. The molecule has 0 aromatic heterocycles. The molecule has 1 saturated carbocycles. The summed E-state index contributed by atoms with van der Waals surface area (Å²) in [5, 5.41) is 3.07. The van der Waals surface area contributed by atoms with Gasteiger partial charge in [-0.3, -0.25) is 9.69 Å². The van der Waals surface area contributed by atoms with Gasteiger partial charge < -0.3 is 15.1 Å². The van der Waals surface area contributed by atoms with Gasteiger partial charge >= 0.3 is 6.03 Å². The number of carbonyl (C=O) groups is 2. The molecule has 0 bridgehead atoms. The molecule has 180 valence electrons.